The molecule has 0 aromatic heterocycles. The van der Waals surface area contributed by atoms with Crippen molar-refractivity contribution < 1.29 is 9.53 Å². The van der Waals surface area contributed by atoms with Gasteiger partial charge in [-0.3, -0.25) is 4.90 Å². The number of ether oxygens (including phenoxy) is 1. The molecule has 2 unspecified atom stereocenters. The highest BCUT2D eigenvalue weighted by Crippen LogP contribution is 2.39. The molecule has 2 atom stereocenters. The molecule has 1 aliphatic carbocycles. The summed E-state index contributed by atoms with van der Waals surface area (Å²) in [5, 5.41) is 0. The molecule has 1 saturated heterocycles. The molecule has 1 aromatic rings. The lowest BCUT2D eigenvalue weighted by atomic mass is 9.80. The summed E-state index contributed by atoms with van der Waals surface area (Å²) in [6, 6.07) is 7.38. The maximum Gasteiger partial charge on any atom is 0.411 e. The molecule has 24 heavy (non-hydrogen) atoms. The number of amides is 1. The predicted molar refractivity (Wildman–Crippen MR) is 95.9 cm³/mol. The first kappa shape index (κ1) is 15.7. The van der Waals surface area contributed by atoms with Gasteiger partial charge < -0.3 is 4.74 Å². The lowest BCUT2D eigenvalue weighted by Gasteiger charge is -2.45. The van der Waals surface area contributed by atoms with Crippen LogP contribution in [0.2, 0.25) is 0 Å². The van der Waals surface area contributed by atoms with Crippen LogP contribution in [-0.2, 0) is 17.6 Å². The maximum atomic E-state index is 12.7. The molecule has 0 radical (unpaired) electrons. The van der Waals surface area contributed by atoms with Crippen molar-refractivity contribution in [2.45, 2.75) is 77.0 Å². The van der Waals surface area contributed by atoms with Crippen LogP contribution in [0.25, 0.3) is 5.57 Å². The van der Waals surface area contributed by atoms with Gasteiger partial charge in [0.1, 0.15) is 5.60 Å². The van der Waals surface area contributed by atoms with Crippen LogP contribution in [0.1, 0.15) is 63.1 Å². The van der Waals surface area contributed by atoms with E-state index >= 15 is 0 Å². The van der Waals surface area contributed by atoms with Crippen LogP contribution in [0.5, 0.6) is 0 Å². The summed E-state index contributed by atoms with van der Waals surface area (Å²) in [7, 11) is 0. The van der Waals surface area contributed by atoms with E-state index < -0.39 is 5.60 Å². The predicted octanol–water partition coefficient (Wildman–Crippen LogP) is 4.73. The van der Waals surface area contributed by atoms with Gasteiger partial charge in [0.25, 0.3) is 0 Å². The van der Waals surface area contributed by atoms with Crippen molar-refractivity contribution in [3.05, 3.63) is 41.0 Å². The molecular weight excluding hydrogens is 298 g/mol. The fourth-order valence-electron chi connectivity index (χ4n) is 4.24. The molecule has 0 spiro atoms. The van der Waals surface area contributed by atoms with E-state index in [-0.39, 0.29) is 18.2 Å². The van der Waals surface area contributed by atoms with Crippen LogP contribution in [-0.4, -0.2) is 28.7 Å². The van der Waals surface area contributed by atoms with E-state index in [1.54, 1.807) is 0 Å². The van der Waals surface area contributed by atoms with Crippen molar-refractivity contribution in [1.82, 2.24) is 4.90 Å². The van der Waals surface area contributed by atoms with Crippen molar-refractivity contribution in [3.63, 3.8) is 0 Å². The number of nitrogens with zero attached hydrogens (tertiary/aromatic N) is 1. The van der Waals surface area contributed by atoms with E-state index in [0.717, 1.165) is 19.3 Å². The number of carbonyl (C=O) groups is 1. The minimum absolute atomic E-state index is 0.148. The fourth-order valence-corrected chi connectivity index (χ4v) is 4.24. The second-order valence-electron chi connectivity index (χ2n) is 8.42. The molecule has 2 bridgehead atoms. The lowest BCUT2D eigenvalue weighted by molar-refractivity contribution is 0.0000854. The van der Waals surface area contributed by atoms with Crippen molar-refractivity contribution in [2.75, 3.05) is 0 Å². The number of benzene rings is 1. The molecule has 2 heterocycles. The molecular formula is C21H27NO2. The van der Waals surface area contributed by atoms with Gasteiger partial charge in [0.2, 0.25) is 0 Å². The smallest absolute Gasteiger partial charge is 0.411 e. The van der Waals surface area contributed by atoms with Crippen LogP contribution in [0.15, 0.2) is 24.3 Å². The van der Waals surface area contributed by atoms with Gasteiger partial charge in [0.05, 0.1) is 6.04 Å². The highest BCUT2D eigenvalue weighted by molar-refractivity contribution is 5.75. The monoisotopic (exact) mass is 325 g/mol. The Labute approximate surface area is 144 Å². The van der Waals surface area contributed by atoms with Gasteiger partial charge in [0.15, 0.2) is 0 Å². The number of hydrogen-bond acceptors (Lipinski definition) is 2. The normalized spacial score (nSPS) is 25.5. The number of fused-ring (bicyclic) bond motifs is 3. The lowest BCUT2D eigenvalue weighted by Crippen LogP contribution is -2.53. The molecule has 0 N–H and O–H groups in total. The Morgan fingerprint density at radius 2 is 1.96 bits per heavy atom. The largest absolute Gasteiger partial charge is 0.444 e. The van der Waals surface area contributed by atoms with E-state index in [2.05, 4.69) is 24.3 Å². The fraction of sp³-hybridized carbons (Fsp3) is 0.571. The number of aryl methyl sites for hydroxylation is 2. The third-order valence-electron chi connectivity index (χ3n) is 5.48. The quantitative estimate of drug-likeness (QED) is 0.747. The van der Waals surface area contributed by atoms with Gasteiger partial charge in [-0.25, -0.2) is 4.79 Å². The van der Waals surface area contributed by atoms with Gasteiger partial charge in [-0.2, -0.15) is 0 Å². The summed E-state index contributed by atoms with van der Waals surface area (Å²) in [4.78, 5) is 14.7. The Hall–Kier alpha value is -1.77. The number of hydrogen-bond donors (Lipinski definition) is 0. The maximum absolute atomic E-state index is 12.7. The first-order chi connectivity index (χ1) is 11.4. The first-order valence-corrected chi connectivity index (χ1v) is 9.25. The van der Waals surface area contributed by atoms with Crippen molar-refractivity contribution in [1.29, 1.82) is 0 Å². The average Bonchev–Trinajstić information content (AvgIpc) is 2.45. The molecule has 1 fully saturated rings. The number of carbonyl (C=O) groups excluding carboxylic acids is 1. The SMILES string of the molecule is CC(C)(C)OC(=O)N1C2C=C(c3ccc4c(c3)CC4)CC1CCC2. The molecule has 0 saturated carbocycles. The second kappa shape index (κ2) is 5.65. The van der Waals surface area contributed by atoms with Crippen LogP contribution >= 0.6 is 0 Å². The van der Waals surface area contributed by atoms with Crippen LogP contribution in [0.4, 0.5) is 4.79 Å². The molecule has 1 amide bonds. The first-order valence-electron chi connectivity index (χ1n) is 9.25. The molecule has 3 aliphatic rings. The summed E-state index contributed by atoms with van der Waals surface area (Å²) >= 11 is 0. The summed E-state index contributed by atoms with van der Waals surface area (Å²) < 4.78 is 5.66. The van der Waals surface area contributed by atoms with E-state index in [0.29, 0.717) is 0 Å². The summed E-state index contributed by atoms with van der Waals surface area (Å²) in [6.45, 7) is 5.81. The van der Waals surface area contributed by atoms with E-state index in [9.17, 15) is 4.79 Å². The third kappa shape index (κ3) is 2.85. The number of piperidine rings is 1. The third-order valence-corrected chi connectivity index (χ3v) is 5.48. The van der Waals surface area contributed by atoms with Crippen LogP contribution in [0.3, 0.4) is 0 Å². The molecule has 3 nitrogen and oxygen atoms in total. The summed E-state index contributed by atoms with van der Waals surface area (Å²) in [5.41, 5.74) is 5.35. The zero-order valence-corrected chi connectivity index (χ0v) is 15.0. The Morgan fingerprint density at radius 3 is 2.58 bits per heavy atom. The highest BCUT2D eigenvalue weighted by atomic mass is 16.6. The van der Waals surface area contributed by atoms with E-state index in [1.165, 1.54) is 41.5 Å². The van der Waals surface area contributed by atoms with Crippen molar-refractivity contribution in [2.24, 2.45) is 0 Å². The Kier molecular flexibility index (Phi) is 3.70. The molecule has 1 aromatic carbocycles. The number of rotatable bonds is 1. The van der Waals surface area contributed by atoms with Gasteiger partial charge in [0, 0.05) is 6.04 Å². The Balaban J connectivity index is 1.60. The zero-order chi connectivity index (χ0) is 16.9. The average molecular weight is 325 g/mol. The van der Waals surface area contributed by atoms with Gasteiger partial charge in [-0.05, 0) is 81.6 Å². The molecule has 2 aliphatic heterocycles. The molecule has 3 heteroatoms. The minimum Gasteiger partial charge on any atom is -0.444 e. The Morgan fingerprint density at radius 1 is 1.17 bits per heavy atom. The summed E-state index contributed by atoms with van der Waals surface area (Å²) in [5.74, 6) is 0. The van der Waals surface area contributed by atoms with Crippen LogP contribution in [0, 0.1) is 0 Å². The van der Waals surface area contributed by atoms with Gasteiger partial charge in [-0.15, -0.1) is 0 Å². The van der Waals surface area contributed by atoms with Gasteiger partial charge in [-0.1, -0.05) is 24.3 Å². The molecule has 128 valence electrons. The second-order valence-corrected chi connectivity index (χ2v) is 8.42. The topological polar surface area (TPSA) is 29.5 Å². The molecule has 4 rings (SSSR count). The Bertz CT molecular complexity index is 698. The minimum atomic E-state index is -0.433. The van der Waals surface area contributed by atoms with Crippen molar-refractivity contribution in [3.8, 4) is 0 Å². The standard InChI is InChI=1S/C21H27NO2/c1-21(2,3)24-20(23)22-18-5-4-6-19(22)13-17(12-18)16-10-8-14-7-9-15(14)11-16/h8,10-12,18-19H,4-7,9,13H2,1-3H3. The summed E-state index contributed by atoms with van der Waals surface area (Å²) in [6.07, 6.45) is 8.89. The van der Waals surface area contributed by atoms with Crippen LogP contribution < -0.4 is 0 Å². The van der Waals surface area contributed by atoms with Gasteiger partial charge >= 0.3 is 6.09 Å². The highest BCUT2D eigenvalue weighted by Gasteiger charge is 2.39. The zero-order valence-electron chi connectivity index (χ0n) is 15.0. The van der Waals surface area contributed by atoms with E-state index in [4.69, 9.17) is 4.74 Å². The van der Waals surface area contributed by atoms with E-state index in [1.807, 2.05) is 25.7 Å². The van der Waals surface area contributed by atoms with Crippen molar-refractivity contribution >= 4 is 11.7 Å².